The maximum atomic E-state index is 4.39. The fraction of sp³-hybridized carbons (Fsp3) is 0.417. The predicted molar refractivity (Wildman–Crippen MR) is 64.5 cm³/mol. The minimum atomic E-state index is 0.912. The smallest absolute Gasteiger partial charge is 0.0984 e. The molecule has 0 rings (SSSR count). The van der Waals surface area contributed by atoms with Gasteiger partial charge >= 0.3 is 0 Å². The van der Waals surface area contributed by atoms with Crippen LogP contribution in [0.25, 0.3) is 0 Å². The molecule has 0 aliphatic heterocycles. The first-order valence-electron chi connectivity index (χ1n) is 4.75. The topological polar surface area (TPSA) is 24.4 Å². The summed E-state index contributed by atoms with van der Waals surface area (Å²) in [4.78, 5) is 4.39. The highest BCUT2D eigenvalue weighted by atomic mass is 15.0. The summed E-state index contributed by atoms with van der Waals surface area (Å²) in [6, 6.07) is 0. The summed E-state index contributed by atoms with van der Waals surface area (Å²) >= 11 is 0. The Morgan fingerprint density at radius 3 is 2.29 bits per heavy atom. The van der Waals surface area contributed by atoms with Gasteiger partial charge in [-0.3, -0.25) is 0 Å². The first-order chi connectivity index (χ1) is 6.52. The van der Waals surface area contributed by atoms with Crippen LogP contribution < -0.4 is 5.32 Å². The zero-order chi connectivity index (χ0) is 11.1. The molecule has 0 saturated carbocycles. The number of hydrogen-bond donors (Lipinski definition) is 1. The molecular formula is C12H20N2. The molecular weight excluding hydrogens is 172 g/mol. The van der Waals surface area contributed by atoms with Crippen LogP contribution in [-0.2, 0) is 0 Å². The van der Waals surface area contributed by atoms with Gasteiger partial charge < -0.3 is 5.32 Å². The van der Waals surface area contributed by atoms with Crippen molar-refractivity contribution in [3.05, 3.63) is 35.6 Å². The number of allylic oxidation sites excluding steroid dienone is 5. The van der Waals surface area contributed by atoms with Gasteiger partial charge in [0.25, 0.3) is 0 Å². The summed E-state index contributed by atoms with van der Waals surface area (Å²) in [7, 11) is 1.86. The Labute approximate surface area is 87.1 Å². The minimum absolute atomic E-state index is 0.912. The molecule has 2 heteroatoms. The third-order valence-electron chi connectivity index (χ3n) is 2.09. The van der Waals surface area contributed by atoms with Gasteiger partial charge in [-0.2, -0.15) is 0 Å². The Hall–Kier alpha value is -1.31. The maximum absolute atomic E-state index is 4.39. The van der Waals surface area contributed by atoms with Crippen molar-refractivity contribution in [3.8, 4) is 0 Å². The van der Waals surface area contributed by atoms with Gasteiger partial charge in [-0.05, 0) is 38.8 Å². The molecule has 0 unspecified atom stereocenters. The lowest BCUT2D eigenvalue weighted by molar-refractivity contribution is 1.11. The predicted octanol–water partition coefficient (Wildman–Crippen LogP) is 3.05. The quantitative estimate of drug-likeness (QED) is 0.415. The van der Waals surface area contributed by atoms with Crippen LogP contribution in [-0.4, -0.2) is 12.9 Å². The van der Waals surface area contributed by atoms with E-state index in [0.29, 0.717) is 0 Å². The standard InChI is InChI=1S/C12H20N2/c1-7-8-9(2)10(3)11(4)14-12(5)13-6/h7-8H,2H2,1,3-6H3,(H,13,14)/b8-7-,11-10-. The van der Waals surface area contributed by atoms with E-state index in [-0.39, 0.29) is 0 Å². The van der Waals surface area contributed by atoms with Gasteiger partial charge in [-0.15, -0.1) is 0 Å². The highest BCUT2D eigenvalue weighted by Gasteiger charge is 1.97. The number of amidine groups is 1. The van der Waals surface area contributed by atoms with Gasteiger partial charge in [0.2, 0.25) is 0 Å². The van der Waals surface area contributed by atoms with Gasteiger partial charge in [0.15, 0.2) is 0 Å². The van der Waals surface area contributed by atoms with Crippen LogP contribution in [0.15, 0.2) is 40.6 Å². The van der Waals surface area contributed by atoms with Gasteiger partial charge in [0, 0.05) is 12.7 Å². The Morgan fingerprint density at radius 2 is 1.86 bits per heavy atom. The summed E-state index contributed by atoms with van der Waals surface area (Å²) in [5.41, 5.74) is 3.13. The Kier molecular flexibility index (Phi) is 5.61. The number of nitrogens with one attached hydrogen (secondary N) is 1. The summed E-state index contributed by atoms with van der Waals surface area (Å²) in [5.74, 6) is 0.912. The van der Waals surface area contributed by atoms with E-state index in [0.717, 1.165) is 22.7 Å². The molecule has 0 saturated heterocycles. The van der Waals surface area contributed by atoms with Crippen molar-refractivity contribution >= 4 is 5.84 Å². The van der Waals surface area contributed by atoms with Crippen LogP contribution in [0.4, 0.5) is 0 Å². The SMILES string of the molecule is C=C(/C=C\C)/C(C)=C(C)\N=C(/C)NC. The molecule has 0 bridgehead atoms. The lowest BCUT2D eigenvalue weighted by Crippen LogP contribution is -2.13. The Bertz CT molecular complexity index is 293. The molecule has 1 N–H and O–H groups in total. The molecule has 0 fully saturated rings. The van der Waals surface area contributed by atoms with Crippen LogP contribution in [0.1, 0.15) is 27.7 Å². The molecule has 78 valence electrons. The third kappa shape index (κ3) is 4.08. The molecule has 0 aliphatic carbocycles. The monoisotopic (exact) mass is 192 g/mol. The summed E-state index contributed by atoms with van der Waals surface area (Å²) < 4.78 is 0. The van der Waals surface area contributed by atoms with Crippen LogP contribution in [0.3, 0.4) is 0 Å². The summed E-state index contributed by atoms with van der Waals surface area (Å²) in [5, 5.41) is 2.99. The molecule has 0 radical (unpaired) electrons. The van der Waals surface area contributed by atoms with E-state index in [1.54, 1.807) is 0 Å². The van der Waals surface area contributed by atoms with Crippen LogP contribution in [0, 0.1) is 0 Å². The molecule has 0 spiro atoms. The number of aliphatic imine (C=N–C) groups is 1. The molecule has 0 atom stereocenters. The lowest BCUT2D eigenvalue weighted by Gasteiger charge is -2.05. The van der Waals surface area contributed by atoms with E-state index >= 15 is 0 Å². The fourth-order valence-electron chi connectivity index (χ4n) is 0.950. The summed E-state index contributed by atoms with van der Waals surface area (Å²) in [6.07, 6.45) is 3.97. The third-order valence-corrected chi connectivity index (χ3v) is 2.09. The average molecular weight is 192 g/mol. The highest BCUT2D eigenvalue weighted by molar-refractivity contribution is 5.80. The van der Waals surface area contributed by atoms with E-state index in [9.17, 15) is 0 Å². The highest BCUT2D eigenvalue weighted by Crippen LogP contribution is 2.14. The summed E-state index contributed by atoms with van der Waals surface area (Å²) in [6.45, 7) is 11.9. The van der Waals surface area contributed by atoms with Crippen molar-refractivity contribution in [3.63, 3.8) is 0 Å². The molecule has 0 heterocycles. The van der Waals surface area contributed by atoms with Gasteiger partial charge in [-0.1, -0.05) is 18.7 Å². The number of nitrogens with zero attached hydrogens (tertiary/aromatic N) is 1. The second kappa shape index (κ2) is 6.19. The zero-order valence-electron chi connectivity index (χ0n) is 9.81. The zero-order valence-corrected chi connectivity index (χ0v) is 9.81. The van der Waals surface area contributed by atoms with Crippen molar-refractivity contribution < 1.29 is 0 Å². The maximum Gasteiger partial charge on any atom is 0.0984 e. The van der Waals surface area contributed by atoms with Gasteiger partial charge in [0.1, 0.15) is 0 Å². The Balaban J connectivity index is 4.84. The molecule has 0 aromatic rings. The van der Waals surface area contributed by atoms with Crippen molar-refractivity contribution in [2.24, 2.45) is 4.99 Å². The van der Waals surface area contributed by atoms with Crippen LogP contribution >= 0.6 is 0 Å². The van der Waals surface area contributed by atoms with Crippen LogP contribution in [0.2, 0.25) is 0 Å². The van der Waals surface area contributed by atoms with E-state index < -0.39 is 0 Å². The molecule has 2 nitrogen and oxygen atoms in total. The first kappa shape index (κ1) is 12.7. The molecule has 0 aromatic carbocycles. The van der Waals surface area contributed by atoms with Crippen molar-refractivity contribution in [1.29, 1.82) is 0 Å². The number of rotatable bonds is 3. The van der Waals surface area contributed by atoms with Gasteiger partial charge in [0.05, 0.1) is 5.84 Å². The van der Waals surface area contributed by atoms with Crippen molar-refractivity contribution in [2.75, 3.05) is 7.05 Å². The molecule has 0 aromatic heterocycles. The molecule has 0 aliphatic rings. The van der Waals surface area contributed by atoms with Gasteiger partial charge in [-0.25, -0.2) is 4.99 Å². The van der Waals surface area contributed by atoms with E-state index in [2.05, 4.69) is 16.9 Å². The van der Waals surface area contributed by atoms with E-state index in [1.165, 1.54) is 0 Å². The largest absolute Gasteiger partial charge is 0.377 e. The van der Waals surface area contributed by atoms with E-state index in [4.69, 9.17) is 0 Å². The lowest BCUT2D eigenvalue weighted by atomic mass is 10.1. The molecule has 0 amide bonds. The average Bonchev–Trinajstić information content (AvgIpc) is 2.16. The molecule has 14 heavy (non-hydrogen) atoms. The first-order valence-corrected chi connectivity index (χ1v) is 4.75. The Morgan fingerprint density at radius 1 is 1.29 bits per heavy atom. The van der Waals surface area contributed by atoms with Crippen molar-refractivity contribution in [1.82, 2.24) is 5.32 Å². The second-order valence-corrected chi connectivity index (χ2v) is 3.18. The van der Waals surface area contributed by atoms with Crippen molar-refractivity contribution in [2.45, 2.75) is 27.7 Å². The van der Waals surface area contributed by atoms with Crippen LogP contribution in [0.5, 0.6) is 0 Å². The minimum Gasteiger partial charge on any atom is -0.377 e. The number of hydrogen-bond acceptors (Lipinski definition) is 1. The second-order valence-electron chi connectivity index (χ2n) is 3.18. The fourth-order valence-corrected chi connectivity index (χ4v) is 0.950. The normalized spacial score (nSPS) is 14.2. The van der Waals surface area contributed by atoms with E-state index in [1.807, 2.05) is 46.9 Å².